The molecule has 1 rings (SSSR count). The van der Waals surface area contributed by atoms with Gasteiger partial charge in [-0.2, -0.15) is 0 Å². The quantitative estimate of drug-likeness (QED) is 0.705. The Bertz CT molecular complexity index is 495. The monoisotopic (exact) mass is 306 g/mol. The Hall–Kier alpha value is -1.84. The minimum Gasteiger partial charge on any atom is -0.465 e. The zero-order valence-corrected chi connectivity index (χ0v) is 14.1. The van der Waals surface area contributed by atoms with Crippen molar-refractivity contribution >= 4 is 11.9 Å². The van der Waals surface area contributed by atoms with Gasteiger partial charge >= 0.3 is 11.9 Å². The van der Waals surface area contributed by atoms with Crippen LogP contribution in [0.5, 0.6) is 0 Å². The van der Waals surface area contributed by atoms with Crippen molar-refractivity contribution in [1.82, 2.24) is 0 Å². The molecule has 4 heteroatoms. The van der Waals surface area contributed by atoms with Crippen LogP contribution >= 0.6 is 0 Å². The normalized spacial score (nSPS) is 17.9. The summed E-state index contributed by atoms with van der Waals surface area (Å²) in [6.07, 6.45) is 6.99. The number of hydrogen-bond acceptors (Lipinski definition) is 4. The van der Waals surface area contributed by atoms with Crippen molar-refractivity contribution in [3.8, 4) is 0 Å². The summed E-state index contributed by atoms with van der Waals surface area (Å²) >= 11 is 0. The molecule has 0 radical (unpaired) electrons. The van der Waals surface area contributed by atoms with Gasteiger partial charge in [0, 0.05) is 0 Å². The van der Waals surface area contributed by atoms with Crippen molar-refractivity contribution in [2.75, 3.05) is 13.2 Å². The Balaban J connectivity index is 2.90. The summed E-state index contributed by atoms with van der Waals surface area (Å²) in [6, 6.07) is 0. The Kier molecular flexibility index (Phi) is 7.09. The van der Waals surface area contributed by atoms with Crippen LogP contribution < -0.4 is 0 Å². The van der Waals surface area contributed by atoms with E-state index in [-0.39, 0.29) is 11.8 Å². The predicted octanol–water partition coefficient (Wildman–Crippen LogP) is 3.44. The molecule has 0 amide bonds. The zero-order chi connectivity index (χ0) is 16.7. The van der Waals surface area contributed by atoms with E-state index in [2.05, 4.69) is 0 Å². The molecule has 122 valence electrons. The summed E-state index contributed by atoms with van der Waals surface area (Å²) < 4.78 is 10.6. The average Bonchev–Trinajstić information content (AvgIpc) is 2.63. The van der Waals surface area contributed by atoms with E-state index in [9.17, 15) is 9.59 Å². The Labute approximate surface area is 132 Å². The van der Waals surface area contributed by atoms with Crippen LogP contribution in [0.4, 0.5) is 0 Å². The van der Waals surface area contributed by atoms with Gasteiger partial charge in [0.2, 0.25) is 0 Å². The molecule has 0 aromatic rings. The maximum Gasteiger partial charge on any atom is 0.335 e. The SMILES string of the molecule is CC1=CC(C(=O)OCC(C)C)C(C(=O)OCC(C)C)=CC=C1. The molecule has 0 heterocycles. The molecule has 1 aliphatic rings. The van der Waals surface area contributed by atoms with Crippen molar-refractivity contribution in [2.24, 2.45) is 17.8 Å². The van der Waals surface area contributed by atoms with Crippen molar-refractivity contribution < 1.29 is 19.1 Å². The lowest BCUT2D eigenvalue weighted by atomic mass is 9.97. The molecule has 0 N–H and O–H groups in total. The molecular formula is C18H26O4. The molecule has 22 heavy (non-hydrogen) atoms. The second-order valence-electron chi connectivity index (χ2n) is 6.39. The summed E-state index contributed by atoms with van der Waals surface area (Å²) in [5.74, 6) is -1.10. The standard InChI is InChI=1S/C18H26O4/c1-12(2)10-21-17(19)15-8-6-7-14(5)9-16(15)18(20)22-11-13(3)4/h6-9,12-13,16H,10-11H2,1-5H3. The van der Waals surface area contributed by atoms with E-state index in [0.29, 0.717) is 18.8 Å². The first-order chi connectivity index (χ1) is 10.3. The van der Waals surface area contributed by atoms with E-state index in [1.807, 2.05) is 40.7 Å². The molecule has 0 saturated heterocycles. The van der Waals surface area contributed by atoms with Crippen LogP contribution in [-0.2, 0) is 19.1 Å². The number of hydrogen-bond donors (Lipinski definition) is 0. The van der Waals surface area contributed by atoms with Gasteiger partial charge in [0.1, 0.15) is 5.92 Å². The molecule has 1 unspecified atom stereocenters. The summed E-state index contributed by atoms with van der Waals surface area (Å²) in [6.45, 7) is 10.4. The third kappa shape index (κ3) is 5.88. The van der Waals surface area contributed by atoms with E-state index >= 15 is 0 Å². The fourth-order valence-corrected chi connectivity index (χ4v) is 1.87. The second-order valence-corrected chi connectivity index (χ2v) is 6.39. The Morgan fingerprint density at radius 2 is 1.68 bits per heavy atom. The van der Waals surface area contributed by atoms with Crippen LogP contribution in [0, 0.1) is 17.8 Å². The highest BCUT2D eigenvalue weighted by atomic mass is 16.5. The van der Waals surface area contributed by atoms with Crippen LogP contribution in [0.1, 0.15) is 34.6 Å². The lowest BCUT2D eigenvalue weighted by Crippen LogP contribution is -2.25. The first kappa shape index (κ1) is 18.2. The molecular weight excluding hydrogens is 280 g/mol. The Morgan fingerprint density at radius 1 is 1.09 bits per heavy atom. The maximum atomic E-state index is 12.3. The summed E-state index contributed by atoms with van der Waals surface area (Å²) in [7, 11) is 0. The summed E-state index contributed by atoms with van der Waals surface area (Å²) in [5, 5.41) is 0. The largest absolute Gasteiger partial charge is 0.465 e. The van der Waals surface area contributed by atoms with Crippen LogP contribution in [-0.4, -0.2) is 25.2 Å². The topological polar surface area (TPSA) is 52.6 Å². The fraction of sp³-hybridized carbons (Fsp3) is 0.556. The number of carbonyl (C=O) groups is 2. The van der Waals surface area contributed by atoms with E-state index in [4.69, 9.17) is 9.47 Å². The van der Waals surface area contributed by atoms with E-state index < -0.39 is 17.9 Å². The summed E-state index contributed by atoms with van der Waals surface area (Å²) in [5.41, 5.74) is 1.23. The summed E-state index contributed by atoms with van der Waals surface area (Å²) in [4.78, 5) is 24.6. The van der Waals surface area contributed by atoms with Gasteiger partial charge in [-0.3, -0.25) is 4.79 Å². The second kappa shape index (κ2) is 8.57. The van der Waals surface area contributed by atoms with Crippen molar-refractivity contribution in [3.05, 3.63) is 35.5 Å². The maximum absolute atomic E-state index is 12.3. The van der Waals surface area contributed by atoms with Crippen LogP contribution in [0.25, 0.3) is 0 Å². The first-order valence-corrected chi connectivity index (χ1v) is 7.71. The third-order valence-electron chi connectivity index (χ3n) is 3.00. The molecule has 1 atom stereocenters. The smallest absolute Gasteiger partial charge is 0.335 e. The molecule has 0 fully saturated rings. The minimum absolute atomic E-state index is 0.245. The van der Waals surface area contributed by atoms with E-state index in [1.165, 1.54) is 0 Å². The highest BCUT2D eigenvalue weighted by Gasteiger charge is 2.29. The lowest BCUT2D eigenvalue weighted by molar-refractivity contribution is -0.150. The lowest BCUT2D eigenvalue weighted by Gasteiger charge is -2.17. The van der Waals surface area contributed by atoms with Gasteiger partial charge in [0.15, 0.2) is 0 Å². The van der Waals surface area contributed by atoms with Gasteiger partial charge in [-0.05, 0) is 18.8 Å². The van der Waals surface area contributed by atoms with Gasteiger partial charge in [0.05, 0.1) is 18.8 Å². The highest BCUT2D eigenvalue weighted by Crippen LogP contribution is 2.22. The molecule has 1 aliphatic carbocycles. The minimum atomic E-state index is -0.714. The number of carbonyl (C=O) groups excluding carboxylic acids is 2. The molecule has 0 bridgehead atoms. The molecule has 0 aromatic heterocycles. The molecule has 4 nitrogen and oxygen atoms in total. The molecule has 0 aliphatic heterocycles. The predicted molar refractivity (Wildman–Crippen MR) is 86.1 cm³/mol. The van der Waals surface area contributed by atoms with E-state index in [0.717, 1.165) is 5.57 Å². The van der Waals surface area contributed by atoms with Gasteiger partial charge < -0.3 is 9.47 Å². The van der Waals surface area contributed by atoms with Gasteiger partial charge in [-0.1, -0.05) is 57.6 Å². The van der Waals surface area contributed by atoms with Crippen LogP contribution in [0.15, 0.2) is 35.5 Å². The number of rotatable bonds is 6. The van der Waals surface area contributed by atoms with Gasteiger partial charge in [-0.15, -0.1) is 0 Å². The van der Waals surface area contributed by atoms with Gasteiger partial charge in [-0.25, -0.2) is 4.79 Å². The first-order valence-electron chi connectivity index (χ1n) is 7.71. The molecule has 0 spiro atoms. The van der Waals surface area contributed by atoms with Gasteiger partial charge in [0.25, 0.3) is 0 Å². The van der Waals surface area contributed by atoms with Crippen molar-refractivity contribution in [3.63, 3.8) is 0 Å². The number of allylic oxidation sites excluding steroid dienone is 4. The van der Waals surface area contributed by atoms with Crippen molar-refractivity contribution in [1.29, 1.82) is 0 Å². The highest BCUT2D eigenvalue weighted by molar-refractivity contribution is 5.97. The van der Waals surface area contributed by atoms with E-state index in [1.54, 1.807) is 18.2 Å². The Morgan fingerprint density at radius 3 is 2.27 bits per heavy atom. The van der Waals surface area contributed by atoms with Crippen LogP contribution in [0.3, 0.4) is 0 Å². The molecule has 0 aromatic carbocycles. The van der Waals surface area contributed by atoms with Crippen LogP contribution in [0.2, 0.25) is 0 Å². The average molecular weight is 306 g/mol. The number of esters is 2. The third-order valence-corrected chi connectivity index (χ3v) is 3.00. The molecule has 0 saturated carbocycles. The number of ether oxygens (including phenoxy) is 2. The zero-order valence-electron chi connectivity index (χ0n) is 14.1. The van der Waals surface area contributed by atoms with Crippen molar-refractivity contribution in [2.45, 2.75) is 34.6 Å². The fourth-order valence-electron chi connectivity index (χ4n) is 1.87.